The van der Waals surface area contributed by atoms with Crippen LogP contribution in [0.15, 0.2) is 10.5 Å². The number of hydrogen-bond donors (Lipinski definition) is 1. The van der Waals surface area contributed by atoms with Crippen molar-refractivity contribution in [3.63, 3.8) is 0 Å². The van der Waals surface area contributed by atoms with E-state index in [1.54, 1.807) is 0 Å². The van der Waals surface area contributed by atoms with Crippen LogP contribution in [0.5, 0.6) is 0 Å². The monoisotopic (exact) mass is 281 g/mol. The van der Waals surface area contributed by atoms with Gasteiger partial charge in [-0.2, -0.15) is 0 Å². The summed E-state index contributed by atoms with van der Waals surface area (Å²) in [5, 5.41) is 0. The lowest BCUT2D eigenvalue weighted by Crippen LogP contribution is -2.15. The van der Waals surface area contributed by atoms with Crippen LogP contribution in [0.4, 0.5) is 0 Å². The molecule has 1 aromatic carbocycles. The van der Waals surface area contributed by atoms with Crippen LogP contribution in [0.1, 0.15) is 48.1 Å². The van der Waals surface area contributed by atoms with E-state index >= 15 is 0 Å². The second-order valence-electron chi connectivity index (χ2n) is 5.18. The lowest BCUT2D eigenvalue weighted by atomic mass is 9.91. The average Bonchev–Trinajstić information content (AvgIpc) is 2.34. The van der Waals surface area contributed by atoms with Crippen molar-refractivity contribution in [3.05, 3.63) is 32.8 Å². The molecule has 16 heavy (non-hydrogen) atoms. The molecule has 2 rings (SSSR count). The minimum Gasteiger partial charge on any atom is -0.324 e. The number of fused-ring (bicyclic) bond motifs is 1. The van der Waals surface area contributed by atoms with Crippen molar-refractivity contribution >= 4 is 15.9 Å². The van der Waals surface area contributed by atoms with Gasteiger partial charge in [0.1, 0.15) is 0 Å². The Morgan fingerprint density at radius 1 is 1.38 bits per heavy atom. The second-order valence-corrected chi connectivity index (χ2v) is 6.03. The number of rotatable bonds is 0. The van der Waals surface area contributed by atoms with Gasteiger partial charge in [0.05, 0.1) is 0 Å². The largest absolute Gasteiger partial charge is 0.324 e. The fourth-order valence-corrected chi connectivity index (χ4v) is 3.40. The molecule has 2 heteroatoms. The van der Waals surface area contributed by atoms with Crippen LogP contribution in [0.2, 0.25) is 0 Å². The zero-order valence-electron chi connectivity index (χ0n) is 10.3. The van der Waals surface area contributed by atoms with Crippen LogP contribution in [0.3, 0.4) is 0 Å². The molecule has 0 amide bonds. The molecule has 0 bridgehead atoms. The molecule has 1 nitrogen and oxygen atoms in total. The molecule has 2 atom stereocenters. The number of aryl methyl sites for hydroxylation is 1. The van der Waals surface area contributed by atoms with Crippen molar-refractivity contribution in [1.82, 2.24) is 0 Å². The van der Waals surface area contributed by atoms with Crippen LogP contribution >= 0.6 is 15.9 Å². The van der Waals surface area contributed by atoms with Gasteiger partial charge in [0.15, 0.2) is 0 Å². The van der Waals surface area contributed by atoms with Gasteiger partial charge in [0.2, 0.25) is 0 Å². The average molecular weight is 282 g/mol. The zero-order valence-corrected chi connectivity index (χ0v) is 11.9. The molecule has 2 N–H and O–H groups in total. The van der Waals surface area contributed by atoms with Crippen LogP contribution < -0.4 is 5.73 Å². The van der Waals surface area contributed by atoms with Crippen LogP contribution in [-0.2, 0) is 6.42 Å². The maximum atomic E-state index is 6.35. The Balaban J connectivity index is 2.59. The van der Waals surface area contributed by atoms with Gasteiger partial charge in [0, 0.05) is 10.5 Å². The summed E-state index contributed by atoms with van der Waals surface area (Å²) >= 11 is 3.64. The first-order valence-corrected chi connectivity index (χ1v) is 6.84. The Kier molecular flexibility index (Phi) is 3.41. The predicted octanol–water partition coefficient (Wildman–Crippen LogP) is 4.04. The summed E-state index contributed by atoms with van der Waals surface area (Å²) in [5.74, 6) is 0.736. The van der Waals surface area contributed by atoms with Gasteiger partial charge in [-0.3, -0.25) is 0 Å². The van der Waals surface area contributed by atoms with Crippen molar-refractivity contribution in [2.45, 2.75) is 46.1 Å². The van der Waals surface area contributed by atoms with E-state index in [2.05, 4.69) is 42.8 Å². The molecule has 0 saturated carbocycles. The molecule has 2 unspecified atom stereocenters. The standard InChI is InChI=1S/C14H20BrN/c1-8-4-5-11-9(2)7-12(15)10(3)14(11)13(16)6-8/h7-8,13H,4-6,16H2,1-3H3. The molecule has 1 aromatic rings. The molecule has 0 heterocycles. The predicted molar refractivity (Wildman–Crippen MR) is 72.6 cm³/mol. The van der Waals surface area contributed by atoms with Gasteiger partial charge in [-0.25, -0.2) is 0 Å². The van der Waals surface area contributed by atoms with Crippen LogP contribution in [-0.4, -0.2) is 0 Å². The van der Waals surface area contributed by atoms with E-state index in [1.165, 1.54) is 39.6 Å². The number of hydrogen-bond acceptors (Lipinski definition) is 1. The third-order valence-electron chi connectivity index (χ3n) is 3.82. The molecular weight excluding hydrogens is 262 g/mol. The number of nitrogens with two attached hydrogens (primary N) is 1. The van der Waals surface area contributed by atoms with Gasteiger partial charge < -0.3 is 5.73 Å². The van der Waals surface area contributed by atoms with E-state index in [0.29, 0.717) is 0 Å². The highest BCUT2D eigenvalue weighted by Gasteiger charge is 2.23. The second kappa shape index (κ2) is 4.50. The van der Waals surface area contributed by atoms with E-state index in [-0.39, 0.29) is 6.04 Å². The molecule has 0 radical (unpaired) electrons. The maximum absolute atomic E-state index is 6.35. The zero-order chi connectivity index (χ0) is 11.9. The van der Waals surface area contributed by atoms with Gasteiger partial charge in [-0.1, -0.05) is 22.9 Å². The fraction of sp³-hybridized carbons (Fsp3) is 0.571. The molecular formula is C14H20BrN. The quantitative estimate of drug-likeness (QED) is 0.714. The summed E-state index contributed by atoms with van der Waals surface area (Å²) in [5.41, 5.74) is 12.0. The Morgan fingerprint density at radius 3 is 2.75 bits per heavy atom. The summed E-state index contributed by atoms with van der Waals surface area (Å²) in [6.45, 7) is 6.69. The fourth-order valence-electron chi connectivity index (χ4n) is 2.85. The first-order valence-electron chi connectivity index (χ1n) is 6.04. The van der Waals surface area contributed by atoms with E-state index < -0.39 is 0 Å². The number of halogens is 1. The topological polar surface area (TPSA) is 26.0 Å². The lowest BCUT2D eigenvalue weighted by molar-refractivity contribution is 0.463. The third-order valence-corrected chi connectivity index (χ3v) is 4.64. The van der Waals surface area contributed by atoms with Gasteiger partial charge in [0.25, 0.3) is 0 Å². The normalized spacial score (nSPS) is 25.1. The molecule has 0 saturated heterocycles. The summed E-state index contributed by atoms with van der Waals surface area (Å²) in [7, 11) is 0. The van der Waals surface area contributed by atoms with Crippen molar-refractivity contribution in [2.24, 2.45) is 11.7 Å². The molecule has 0 aliphatic heterocycles. The van der Waals surface area contributed by atoms with E-state index in [4.69, 9.17) is 5.73 Å². The highest BCUT2D eigenvalue weighted by atomic mass is 79.9. The molecule has 1 aliphatic rings. The summed E-state index contributed by atoms with van der Waals surface area (Å²) < 4.78 is 1.20. The molecule has 0 fully saturated rings. The Labute approximate surface area is 107 Å². The van der Waals surface area contributed by atoms with Crippen LogP contribution in [0.25, 0.3) is 0 Å². The molecule has 0 spiro atoms. The van der Waals surface area contributed by atoms with E-state index in [9.17, 15) is 0 Å². The van der Waals surface area contributed by atoms with Gasteiger partial charge in [-0.15, -0.1) is 0 Å². The van der Waals surface area contributed by atoms with Crippen molar-refractivity contribution in [1.29, 1.82) is 0 Å². The van der Waals surface area contributed by atoms with Crippen molar-refractivity contribution in [2.75, 3.05) is 0 Å². The molecule has 88 valence electrons. The van der Waals surface area contributed by atoms with Crippen molar-refractivity contribution in [3.8, 4) is 0 Å². The highest BCUT2D eigenvalue weighted by molar-refractivity contribution is 9.10. The van der Waals surface area contributed by atoms with Crippen LogP contribution in [0, 0.1) is 19.8 Å². The summed E-state index contributed by atoms with van der Waals surface area (Å²) in [4.78, 5) is 0. The first-order chi connectivity index (χ1) is 7.50. The minimum atomic E-state index is 0.212. The maximum Gasteiger partial charge on any atom is 0.0303 e. The van der Waals surface area contributed by atoms with Gasteiger partial charge in [-0.05, 0) is 67.3 Å². The third kappa shape index (κ3) is 2.05. The Bertz CT molecular complexity index is 412. The first kappa shape index (κ1) is 12.1. The summed E-state index contributed by atoms with van der Waals surface area (Å²) in [6, 6.07) is 2.44. The highest BCUT2D eigenvalue weighted by Crippen LogP contribution is 2.37. The minimum absolute atomic E-state index is 0.212. The molecule has 1 aliphatic carbocycles. The smallest absolute Gasteiger partial charge is 0.0303 e. The number of benzene rings is 1. The summed E-state index contributed by atoms with van der Waals surface area (Å²) in [6.07, 6.45) is 3.57. The van der Waals surface area contributed by atoms with E-state index in [1.807, 2.05) is 0 Å². The SMILES string of the molecule is Cc1cc(Br)c(C)c2c1CCC(C)CC2N. The Hall–Kier alpha value is -0.340. The Morgan fingerprint density at radius 2 is 2.06 bits per heavy atom. The molecule has 0 aromatic heterocycles. The van der Waals surface area contributed by atoms with Crippen molar-refractivity contribution < 1.29 is 0 Å². The van der Waals surface area contributed by atoms with E-state index in [0.717, 1.165) is 12.3 Å². The lowest BCUT2D eigenvalue weighted by Gasteiger charge is -2.19. The van der Waals surface area contributed by atoms with Gasteiger partial charge >= 0.3 is 0 Å².